The maximum atomic E-state index is 12.9. The molecule has 0 unspecified atom stereocenters. The molecule has 0 fully saturated rings. The van der Waals surface area contributed by atoms with E-state index in [-0.39, 0.29) is 27.6 Å². The molecule has 0 saturated carbocycles. The summed E-state index contributed by atoms with van der Waals surface area (Å²) in [6.45, 7) is 9.96. The van der Waals surface area contributed by atoms with Crippen molar-refractivity contribution in [3.8, 4) is 5.69 Å². The molecule has 3 rings (SSSR count). The number of carbonyl (C=O) groups excluding carboxylic acids is 1. The number of halogens is 5. The van der Waals surface area contributed by atoms with Crippen LogP contribution < -0.4 is 21.9 Å². The molecule has 0 aliphatic carbocycles. The predicted octanol–water partition coefficient (Wildman–Crippen LogP) is 4.55. The standard InChI is InChI=1S/C16H14ClF3N2O4.C8H14ClN5/c1-8(2)26-14(24)10-6-9(4-5-11(10)17)22-13(23)7-12(16(18,19)20)21(3)15(22)25;1-4-10-7-12-6(9)13-8(14-7)11-5(2)3/h4-8H,1-3H3;5H,4H2,1-3H3,(H2,10,11,12,13,14). The van der Waals surface area contributed by atoms with Crippen LogP contribution in [-0.2, 0) is 18.0 Å². The van der Waals surface area contributed by atoms with E-state index in [1.807, 2.05) is 20.8 Å². The quantitative estimate of drug-likeness (QED) is 0.372. The molecule has 2 heterocycles. The normalized spacial score (nSPS) is 11.2. The van der Waals surface area contributed by atoms with E-state index in [1.54, 1.807) is 13.8 Å². The molecular formula is C24H28Cl2F3N7O4. The fraction of sp³-hybridized carbons (Fsp3) is 0.417. The third-order valence-corrected chi connectivity index (χ3v) is 5.24. The number of nitrogens with zero attached hydrogens (tertiary/aromatic N) is 5. The Morgan fingerprint density at radius 3 is 2.23 bits per heavy atom. The fourth-order valence-corrected chi connectivity index (χ4v) is 3.49. The summed E-state index contributed by atoms with van der Waals surface area (Å²) in [5, 5.41) is 6.24. The molecule has 2 N–H and O–H groups in total. The molecule has 40 heavy (non-hydrogen) atoms. The first-order chi connectivity index (χ1) is 18.5. The van der Waals surface area contributed by atoms with E-state index in [9.17, 15) is 27.6 Å². The minimum atomic E-state index is -4.86. The first kappa shape index (κ1) is 32.6. The van der Waals surface area contributed by atoms with Crippen molar-refractivity contribution in [1.82, 2.24) is 24.1 Å². The summed E-state index contributed by atoms with van der Waals surface area (Å²) in [6.07, 6.45) is -5.30. The molecule has 0 amide bonds. The van der Waals surface area contributed by atoms with Gasteiger partial charge in [-0.15, -0.1) is 0 Å². The third-order valence-electron chi connectivity index (χ3n) is 4.74. The second-order valence-corrected chi connectivity index (χ2v) is 9.49. The maximum absolute atomic E-state index is 12.9. The third kappa shape index (κ3) is 8.68. The molecule has 11 nitrogen and oxygen atoms in total. The SMILES string of the molecule is CC(C)OC(=O)c1cc(-n2c(=O)cc(C(F)(F)F)n(C)c2=O)ccc1Cl.CCNc1nc(Cl)nc(NC(C)C)n1. The Bertz CT molecular complexity index is 1470. The van der Waals surface area contributed by atoms with Crippen molar-refractivity contribution < 1.29 is 22.7 Å². The van der Waals surface area contributed by atoms with Crippen molar-refractivity contribution in [2.75, 3.05) is 17.2 Å². The van der Waals surface area contributed by atoms with Crippen LogP contribution in [0, 0.1) is 0 Å². The number of carbonyl (C=O) groups is 1. The minimum absolute atomic E-state index is 0.0104. The monoisotopic (exact) mass is 605 g/mol. The zero-order valence-electron chi connectivity index (χ0n) is 22.4. The number of esters is 1. The van der Waals surface area contributed by atoms with Crippen LogP contribution in [0.15, 0.2) is 33.9 Å². The van der Waals surface area contributed by atoms with Crippen molar-refractivity contribution in [3.63, 3.8) is 0 Å². The highest BCUT2D eigenvalue weighted by molar-refractivity contribution is 6.33. The lowest BCUT2D eigenvalue weighted by Crippen LogP contribution is -2.40. The molecule has 0 saturated heterocycles. The lowest BCUT2D eigenvalue weighted by molar-refractivity contribution is -0.144. The Balaban J connectivity index is 0.000000337. The van der Waals surface area contributed by atoms with E-state index in [2.05, 4.69) is 25.6 Å². The number of hydrogen-bond acceptors (Lipinski definition) is 9. The molecule has 0 bridgehead atoms. The second-order valence-electron chi connectivity index (χ2n) is 8.74. The van der Waals surface area contributed by atoms with Gasteiger partial charge in [-0.05, 0) is 64.4 Å². The Morgan fingerprint density at radius 2 is 1.68 bits per heavy atom. The molecule has 2 aromatic heterocycles. The van der Waals surface area contributed by atoms with Crippen LogP contribution in [0.4, 0.5) is 25.1 Å². The molecule has 0 aliphatic rings. The van der Waals surface area contributed by atoms with Gasteiger partial charge in [0.05, 0.1) is 22.4 Å². The van der Waals surface area contributed by atoms with Crippen LogP contribution >= 0.6 is 23.2 Å². The number of ether oxygens (including phenoxy) is 1. The van der Waals surface area contributed by atoms with E-state index >= 15 is 0 Å². The molecule has 0 aliphatic heterocycles. The van der Waals surface area contributed by atoms with E-state index < -0.39 is 35.2 Å². The average molecular weight is 606 g/mol. The van der Waals surface area contributed by atoms with Crippen LogP contribution in [0.1, 0.15) is 50.7 Å². The summed E-state index contributed by atoms with van der Waals surface area (Å²) >= 11 is 11.7. The molecule has 3 aromatic rings. The lowest BCUT2D eigenvalue weighted by Gasteiger charge is -2.15. The molecular weight excluding hydrogens is 578 g/mol. The van der Waals surface area contributed by atoms with Crippen LogP contribution in [0.2, 0.25) is 10.3 Å². The zero-order valence-corrected chi connectivity index (χ0v) is 23.9. The van der Waals surface area contributed by atoms with Gasteiger partial charge in [0.25, 0.3) is 5.56 Å². The van der Waals surface area contributed by atoms with Gasteiger partial charge >= 0.3 is 17.8 Å². The van der Waals surface area contributed by atoms with Gasteiger partial charge in [0, 0.05) is 25.7 Å². The maximum Gasteiger partial charge on any atom is 0.431 e. The highest BCUT2D eigenvalue weighted by Crippen LogP contribution is 2.27. The second kappa shape index (κ2) is 13.6. The number of hydrogen-bond donors (Lipinski definition) is 2. The van der Waals surface area contributed by atoms with Gasteiger partial charge < -0.3 is 15.4 Å². The zero-order chi connectivity index (χ0) is 30.4. The van der Waals surface area contributed by atoms with Crippen molar-refractivity contribution in [2.24, 2.45) is 7.05 Å². The van der Waals surface area contributed by atoms with Gasteiger partial charge in [0.15, 0.2) is 0 Å². The minimum Gasteiger partial charge on any atom is -0.459 e. The smallest absolute Gasteiger partial charge is 0.431 e. The van der Waals surface area contributed by atoms with E-state index in [1.165, 1.54) is 12.1 Å². The van der Waals surface area contributed by atoms with E-state index in [0.717, 1.165) is 19.7 Å². The largest absolute Gasteiger partial charge is 0.459 e. The summed E-state index contributed by atoms with van der Waals surface area (Å²) in [7, 11) is 0.894. The van der Waals surface area contributed by atoms with Gasteiger partial charge in [-0.1, -0.05) is 11.6 Å². The van der Waals surface area contributed by atoms with Gasteiger partial charge in [0.2, 0.25) is 17.2 Å². The van der Waals surface area contributed by atoms with Crippen molar-refractivity contribution in [1.29, 1.82) is 0 Å². The molecule has 16 heteroatoms. The molecule has 0 atom stereocenters. The van der Waals surface area contributed by atoms with Gasteiger partial charge in [-0.3, -0.25) is 9.36 Å². The van der Waals surface area contributed by atoms with Crippen molar-refractivity contribution >= 4 is 41.1 Å². The Hall–Kier alpha value is -3.65. The Morgan fingerprint density at radius 1 is 1.05 bits per heavy atom. The van der Waals surface area contributed by atoms with Crippen molar-refractivity contribution in [3.05, 3.63) is 66.7 Å². The van der Waals surface area contributed by atoms with Crippen LogP contribution in [0.5, 0.6) is 0 Å². The summed E-state index contributed by atoms with van der Waals surface area (Å²) in [6, 6.07) is 4.18. The fourth-order valence-electron chi connectivity index (χ4n) is 3.13. The highest BCUT2D eigenvalue weighted by Gasteiger charge is 2.35. The van der Waals surface area contributed by atoms with Crippen molar-refractivity contribution in [2.45, 2.75) is 52.9 Å². The van der Waals surface area contributed by atoms with Crippen LogP contribution in [0.3, 0.4) is 0 Å². The number of anilines is 2. The first-order valence-electron chi connectivity index (χ1n) is 11.9. The van der Waals surface area contributed by atoms with Gasteiger partial charge in [0.1, 0.15) is 5.69 Å². The molecule has 1 aromatic carbocycles. The van der Waals surface area contributed by atoms with E-state index in [0.29, 0.717) is 27.1 Å². The predicted molar refractivity (Wildman–Crippen MR) is 146 cm³/mol. The van der Waals surface area contributed by atoms with Crippen LogP contribution in [0.25, 0.3) is 5.69 Å². The average Bonchev–Trinajstić information content (AvgIpc) is 2.81. The summed E-state index contributed by atoms with van der Waals surface area (Å²) in [5.74, 6) is 0.204. The molecule has 218 valence electrons. The molecule has 0 radical (unpaired) electrons. The van der Waals surface area contributed by atoms with Gasteiger partial charge in [-0.2, -0.15) is 28.1 Å². The molecule has 0 spiro atoms. The number of rotatable bonds is 7. The van der Waals surface area contributed by atoms with Crippen LogP contribution in [-0.4, -0.2) is 48.7 Å². The Kier molecular flexibility index (Phi) is 11.1. The summed E-state index contributed by atoms with van der Waals surface area (Å²) < 4.78 is 44.5. The number of benzene rings is 1. The Labute approximate surface area is 237 Å². The summed E-state index contributed by atoms with van der Waals surface area (Å²) in [4.78, 5) is 48.4. The lowest BCUT2D eigenvalue weighted by atomic mass is 10.2. The number of nitrogens with one attached hydrogen (secondary N) is 2. The van der Waals surface area contributed by atoms with Gasteiger partial charge in [-0.25, -0.2) is 14.2 Å². The first-order valence-corrected chi connectivity index (χ1v) is 12.6. The highest BCUT2D eigenvalue weighted by atomic mass is 35.5. The summed E-state index contributed by atoms with van der Waals surface area (Å²) in [5.41, 5.74) is -4.01. The topological polar surface area (TPSA) is 133 Å². The number of aromatic nitrogens is 5. The number of alkyl halides is 3. The van der Waals surface area contributed by atoms with E-state index in [4.69, 9.17) is 27.9 Å².